The van der Waals surface area contributed by atoms with Crippen LogP contribution >= 0.6 is 11.8 Å². The third-order valence-electron chi connectivity index (χ3n) is 2.03. The van der Waals surface area contributed by atoms with E-state index in [1.807, 2.05) is 35.9 Å². The first kappa shape index (κ1) is 9.27. The van der Waals surface area contributed by atoms with Gasteiger partial charge in [-0.1, -0.05) is 23.9 Å². The summed E-state index contributed by atoms with van der Waals surface area (Å²) < 4.78 is 2.00. The van der Waals surface area contributed by atoms with Crippen molar-refractivity contribution in [2.45, 2.75) is 5.16 Å². The van der Waals surface area contributed by atoms with Crippen LogP contribution in [0.25, 0.3) is 11.0 Å². The molecule has 3 nitrogen and oxygen atoms in total. The predicted octanol–water partition coefficient (Wildman–Crippen LogP) is 1.86. The molecule has 0 saturated carbocycles. The first-order valence-corrected chi connectivity index (χ1v) is 5.29. The highest BCUT2D eigenvalue weighted by Crippen LogP contribution is 2.21. The molecular formula is C10H10N2OS. The first-order chi connectivity index (χ1) is 6.83. The van der Waals surface area contributed by atoms with Crippen LogP contribution in [0.15, 0.2) is 29.4 Å². The van der Waals surface area contributed by atoms with E-state index in [-0.39, 0.29) is 0 Å². The second-order valence-corrected chi connectivity index (χ2v) is 3.91. The van der Waals surface area contributed by atoms with Crippen LogP contribution in [0.2, 0.25) is 0 Å². The van der Waals surface area contributed by atoms with Crippen LogP contribution in [0.1, 0.15) is 0 Å². The molecule has 1 heterocycles. The number of rotatable bonds is 3. The first-order valence-electron chi connectivity index (χ1n) is 4.31. The maximum Gasteiger partial charge on any atom is 0.169 e. The van der Waals surface area contributed by atoms with E-state index in [9.17, 15) is 4.79 Å². The van der Waals surface area contributed by atoms with Crippen molar-refractivity contribution in [3.8, 4) is 0 Å². The summed E-state index contributed by atoms with van der Waals surface area (Å²) in [6.07, 6.45) is 0.893. The van der Waals surface area contributed by atoms with E-state index >= 15 is 0 Å². The smallest absolute Gasteiger partial charge is 0.169 e. The molecule has 0 atom stereocenters. The highest BCUT2D eigenvalue weighted by molar-refractivity contribution is 7.99. The topological polar surface area (TPSA) is 34.9 Å². The number of carbonyl (C=O) groups excluding carboxylic acids is 1. The molecule has 0 saturated heterocycles. The summed E-state index contributed by atoms with van der Waals surface area (Å²) in [7, 11) is 1.96. The van der Waals surface area contributed by atoms with Gasteiger partial charge in [-0.05, 0) is 12.1 Å². The molecule has 0 aliphatic heterocycles. The quantitative estimate of drug-likeness (QED) is 0.568. The third-order valence-corrected chi connectivity index (χ3v) is 2.95. The summed E-state index contributed by atoms with van der Waals surface area (Å²) in [4.78, 5) is 14.7. The van der Waals surface area contributed by atoms with Gasteiger partial charge in [-0.3, -0.25) is 0 Å². The molecular weight excluding hydrogens is 196 g/mol. The number of para-hydroxylation sites is 2. The highest BCUT2D eigenvalue weighted by Gasteiger charge is 2.06. The number of aromatic nitrogens is 2. The van der Waals surface area contributed by atoms with Crippen molar-refractivity contribution in [3.63, 3.8) is 0 Å². The Morgan fingerprint density at radius 2 is 2.29 bits per heavy atom. The average Bonchev–Trinajstić information content (AvgIpc) is 2.54. The van der Waals surface area contributed by atoms with Gasteiger partial charge in [0.15, 0.2) is 5.16 Å². The van der Waals surface area contributed by atoms with E-state index in [1.165, 1.54) is 11.8 Å². The summed E-state index contributed by atoms with van der Waals surface area (Å²) in [6, 6.07) is 7.94. The number of thioether (sulfide) groups is 1. The van der Waals surface area contributed by atoms with Gasteiger partial charge >= 0.3 is 0 Å². The Bertz CT molecular complexity index is 464. The van der Waals surface area contributed by atoms with Gasteiger partial charge < -0.3 is 9.36 Å². The minimum absolute atomic E-state index is 0.456. The molecule has 0 fully saturated rings. The molecule has 2 aromatic rings. The van der Waals surface area contributed by atoms with Gasteiger partial charge in [0, 0.05) is 7.05 Å². The fraction of sp³-hybridized carbons (Fsp3) is 0.200. The van der Waals surface area contributed by atoms with Crippen LogP contribution < -0.4 is 0 Å². The standard InChI is InChI=1S/C10H10N2OS/c1-12-9-5-3-2-4-8(9)11-10(12)14-7-6-13/h2-6H,7H2,1H3. The van der Waals surface area contributed by atoms with Crippen molar-refractivity contribution in [3.05, 3.63) is 24.3 Å². The molecule has 1 aromatic heterocycles. The van der Waals surface area contributed by atoms with Gasteiger partial charge in [0.2, 0.25) is 0 Å². The molecule has 14 heavy (non-hydrogen) atoms. The molecule has 2 rings (SSSR count). The van der Waals surface area contributed by atoms with Crippen molar-refractivity contribution in [1.29, 1.82) is 0 Å². The number of aryl methyl sites for hydroxylation is 1. The Hall–Kier alpha value is -1.29. The molecule has 0 bridgehead atoms. The molecule has 0 aliphatic rings. The average molecular weight is 206 g/mol. The largest absolute Gasteiger partial charge is 0.322 e. The fourth-order valence-electron chi connectivity index (χ4n) is 1.36. The molecule has 0 unspecified atom stereocenters. The second kappa shape index (κ2) is 3.84. The molecule has 72 valence electrons. The van der Waals surface area contributed by atoms with Gasteiger partial charge in [0.25, 0.3) is 0 Å². The van der Waals surface area contributed by atoms with Crippen molar-refractivity contribution < 1.29 is 4.79 Å². The van der Waals surface area contributed by atoms with Gasteiger partial charge in [-0.15, -0.1) is 0 Å². The van der Waals surface area contributed by atoms with Crippen LogP contribution in [0.3, 0.4) is 0 Å². The number of hydrogen-bond acceptors (Lipinski definition) is 3. The van der Waals surface area contributed by atoms with Gasteiger partial charge in [0.1, 0.15) is 6.29 Å². The minimum Gasteiger partial charge on any atom is -0.322 e. The predicted molar refractivity (Wildman–Crippen MR) is 57.5 cm³/mol. The number of benzene rings is 1. The highest BCUT2D eigenvalue weighted by atomic mass is 32.2. The summed E-state index contributed by atoms with van der Waals surface area (Å²) in [5.41, 5.74) is 2.07. The van der Waals surface area contributed by atoms with E-state index in [0.29, 0.717) is 5.75 Å². The number of aldehydes is 1. The summed E-state index contributed by atoms with van der Waals surface area (Å²) in [5, 5.41) is 0.887. The zero-order valence-corrected chi connectivity index (χ0v) is 8.62. The molecule has 4 heteroatoms. The van der Waals surface area contributed by atoms with Crippen molar-refractivity contribution in [2.75, 3.05) is 5.75 Å². The third kappa shape index (κ3) is 1.53. The summed E-state index contributed by atoms with van der Waals surface area (Å²) in [6.45, 7) is 0. The van der Waals surface area contributed by atoms with Crippen molar-refractivity contribution in [1.82, 2.24) is 9.55 Å². The van der Waals surface area contributed by atoms with Crippen molar-refractivity contribution >= 4 is 29.1 Å². The summed E-state index contributed by atoms with van der Waals surface area (Å²) in [5.74, 6) is 0.456. The van der Waals surface area contributed by atoms with Crippen molar-refractivity contribution in [2.24, 2.45) is 7.05 Å². The Kier molecular flexibility index (Phi) is 2.54. The molecule has 1 aromatic carbocycles. The lowest BCUT2D eigenvalue weighted by atomic mass is 10.3. The molecule has 0 aliphatic carbocycles. The fourth-order valence-corrected chi connectivity index (χ4v) is 2.03. The lowest BCUT2D eigenvalue weighted by Crippen LogP contribution is -1.91. The minimum atomic E-state index is 0.456. The number of fused-ring (bicyclic) bond motifs is 1. The van der Waals surface area contributed by atoms with Crippen LogP contribution in [0.4, 0.5) is 0 Å². The SMILES string of the molecule is Cn1c(SCC=O)nc2ccccc21. The van der Waals surface area contributed by atoms with Crippen LogP contribution in [0.5, 0.6) is 0 Å². The van der Waals surface area contributed by atoms with E-state index in [1.54, 1.807) is 0 Å². The van der Waals surface area contributed by atoms with E-state index < -0.39 is 0 Å². The number of imidazole rings is 1. The Balaban J connectivity index is 2.46. The maximum absolute atomic E-state index is 10.2. The maximum atomic E-state index is 10.2. The monoisotopic (exact) mass is 206 g/mol. The molecule has 0 spiro atoms. The number of hydrogen-bond donors (Lipinski definition) is 0. The van der Waals surface area contributed by atoms with Crippen LogP contribution in [-0.2, 0) is 11.8 Å². The second-order valence-electron chi connectivity index (χ2n) is 2.92. The lowest BCUT2D eigenvalue weighted by Gasteiger charge is -1.97. The normalized spacial score (nSPS) is 10.6. The van der Waals surface area contributed by atoms with E-state index in [0.717, 1.165) is 22.5 Å². The van der Waals surface area contributed by atoms with E-state index in [4.69, 9.17) is 0 Å². The molecule has 0 amide bonds. The Labute approximate surface area is 86.1 Å². The zero-order chi connectivity index (χ0) is 9.97. The number of carbonyl (C=O) groups is 1. The zero-order valence-electron chi connectivity index (χ0n) is 7.80. The van der Waals surface area contributed by atoms with Crippen LogP contribution in [0, 0.1) is 0 Å². The summed E-state index contributed by atoms with van der Waals surface area (Å²) >= 11 is 1.46. The van der Waals surface area contributed by atoms with E-state index in [2.05, 4.69) is 4.98 Å². The van der Waals surface area contributed by atoms with Gasteiger partial charge in [-0.2, -0.15) is 0 Å². The number of nitrogens with zero attached hydrogens (tertiary/aromatic N) is 2. The lowest BCUT2D eigenvalue weighted by molar-refractivity contribution is -0.105. The Morgan fingerprint density at radius 1 is 1.50 bits per heavy atom. The molecule has 0 radical (unpaired) electrons. The molecule has 0 N–H and O–H groups in total. The Morgan fingerprint density at radius 3 is 3.00 bits per heavy atom. The van der Waals surface area contributed by atoms with Gasteiger partial charge in [0.05, 0.1) is 16.8 Å². The van der Waals surface area contributed by atoms with Gasteiger partial charge in [-0.25, -0.2) is 4.98 Å². The van der Waals surface area contributed by atoms with Crippen LogP contribution in [-0.4, -0.2) is 21.6 Å².